The maximum atomic E-state index is 12.8. The fourth-order valence-corrected chi connectivity index (χ4v) is 2.98. The maximum absolute atomic E-state index is 12.8. The molecule has 0 aromatic heterocycles. The third-order valence-corrected chi connectivity index (χ3v) is 4.73. The first-order valence-electron chi connectivity index (χ1n) is 10.9. The summed E-state index contributed by atoms with van der Waals surface area (Å²) in [5, 5.41) is 25.8. The van der Waals surface area contributed by atoms with Crippen LogP contribution in [0.1, 0.15) is 52.9 Å². The average Bonchev–Trinajstić information content (AvgIpc) is 2.69. The zero-order chi connectivity index (χ0) is 25.7. The largest absolute Gasteiger partial charge is 0.480 e. The van der Waals surface area contributed by atoms with Crippen LogP contribution in [0.25, 0.3) is 0 Å². The molecule has 190 valence electrons. The van der Waals surface area contributed by atoms with E-state index in [1.54, 1.807) is 0 Å². The Kier molecular flexibility index (Phi) is 13.9. The van der Waals surface area contributed by atoms with Crippen molar-refractivity contribution in [1.82, 2.24) is 16.0 Å². The topological polar surface area (TPSA) is 240 Å². The predicted molar refractivity (Wildman–Crippen MR) is 119 cm³/mol. The van der Waals surface area contributed by atoms with Gasteiger partial charge >= 0.3 is 5.97 Å². The third kappa shape index (κ3) is 12.2. The van der Waals surface area contributed by atoms with Crippen molar-refractivity contribution in [3.05, 3.63) is 0 Å². The summed E-state index contributed by atoms with van der Waals surface area (Å²) < 4.78 is 0. The van der Waals surface area contributed by atoms with E-state index in [2.05, 4.69) is 16.0 Å². The lowest BCUT2D eigenvalue weighted by Gasteiger charge is -2.25. The first kappa shape index (κ1) is 30.2. The first-order chi connectivity index (χ1) is 15.3. The number of carbonyl (C=O) groups excluding carboxylic acids is 4. The van der Waals surface area contributed by atoms with E-state index < -0.39 is 66.3 Å². The van der Waals surface area contributed by atoms with E-state index in [0.717, 1.165) is 0 Å². The van der Waals surface area contributed by atoms with Crippen molar-refractivity contribution in [2.24, 2.45) is 23.1 Å². The predicted octanol–water partition coefficient (Wildman–Crippen LogP) is -2.72. The van der Waals surface area contributed by atoms with Gasteiger partial charge in [0.15, 0.2) is 6.04 Å². The molecule has 11 N–H and O–H groups in total. The maximum Gasteiger partial charge on any atom is 0.328 e. The molecule has 13 heteroatoms. The standard InChI is InChI=1S/C20H38N6O7/c1-10(2)8-12(22)17(29)25-14(9-15(23)28)19(31)24-13(6-4-5-7-21)18(30)26-16(11(3)27)20(32)33/h10-14,16,27H,4-9,21-22H2,1-3H3,(H2,23,28)(H,24,31)(H,25,29)(H,26,30)(H,32,33). The van der Waals surface area contributed by atoms with Gasteiger partial charge in [0.05, 0.1) is 18.6 Å². The lowest BCUT2D eigenvalue weighted by Crippen LogP contribution is -2.58. The minimum absolute atomic E-state index is 0.102. The summed E-state index contributed by atoms with van der Waals surface area (Å²) in [5.74, 6) is -4.58. The van der Waals surface area contributed by atoms with Crippen molar-refractivity contribution in [2.45, 2.75) is 83.1 Å². The highest BCUT2D eigenvalue weighted by molar-refractivity contribution is 5.96. The molecule has 0 rings (SSSR count). The Morgan fingerprint density at radius 3 is 1.88 bits per heavy atom. The molecule has 0 radical (unpaired) electrons. The molecule has 33 heavy (non-hydrogen) atoms. The Balaban J connectivity index is 5.51. The van der Waals surface area contributed by atoms with Gasteiger partial charge < -0.3 is 43.4 Å². The van der Waals surface area contributed by atoms with Crippen LogP contribution >= 0.6 is 0 Å². The number of nitrogens with one attached hydrogen (secondary N) is 3. The monoisotopic (exact) mass is 474 g/mol. The van der Waals surface area contributed by atoms with Crippen LogP contribution in [-0.2, 0) is 24.0 Å². The average molecular weight is 475 g/mol. The van der Waals surface area contributed by atoms with Crippen molar-refractivity contribution < 1.29 is 34.2 Å². The van der Waals surface area contributed by atoms with Crippen molar-refractivity contribution in [3.63, 3.8) is 0 Å². The second-order valence-corrected chi connectivity index (χ2v) is 8.38. The Morgan fingerprint density at radius 1 is 0.879 bits per heavy atom. The molecule has 0 fully saturated rings. The van der Waals surface area contributed by atoms with Gasteiger partial charge in [-0.15, -0.1) is 0 Å². The second-order valence-electron chi connectivity index (χ2n) is 8.38. The van der Waals surface area contributed by atoms with Crippen LogP contribution in [0.3, 0.4) is 0 Å². The Morgan fingerprint density at radius 2 is 1.42 bits per heavy atom. The number of aliphatic carboxylic acids is 1. The van der Waals surface area contributed by atoms with Gasteiger partial charge in [0.25, 0.3) is 0 Å². The quantitative estimate of drug-likeness (QED) is 0.108. The van der Waals surface area contributed by atoms with E-state index >= 15 is 0 Å². The van der Waals surface area contributed by atoms with E-state index in [1.165, 1.54) is 6.92 Å². The minimum atomic E-state index is -1.60. The Bertz CT molecular complexity index is 686. The van der Waals surface area contributed by atoms with Crippen LogP contribution in [0, 0.1) is 5.92 Å². The number of aliphatic hydroxyl groups excluding tert-OH is 1. The van der Waals surface area contributed by atoms with E-state index in [4.69, 9.17) is 17.2 Å². The zero-order valence-corrected chi connectivity index (χ0v) is 19.4. The summed E-state index contributed by atoms with van der Waals surface area (Å²) in [4.78, 5) is 60.5. The number of carboxylic acid groups (broad SMARTS) is 1. The normalized spacial score (nSPS) is 15.6. The van der Waals surface area contributed by atoms with Crippen LogP contribution in [0.15, 0.2) is 0 Å². The number of carbonyl (C=O) groups is 5. The van der Waals surface area contributed by atoms with Crippen LogP contribution in [0.5, 0.6) is 0 Å². The number of amides is 4. The van der Waals surface area contributed by atoms with Gasteiger partial charge in [0, 0.05) is 0 Å². The van der Waals surface area contributed by atoms with Crippen molar-refractivity contribution in [2.75, 3.05) is 6.54 Å². The Hall–Kier alpha value is -2.77. The highest BCUT2D eigenvalue weighted by Gasteiger charge is 2.32. The summed E-state index contributed by atoms with van der Waals surface area (Å²) >= 11 is 0. The van der Waals surface area contributed by atoms with E-state index in [9.17, 15) is 34.2 Å². The molecule has 0 aliphatic heterocycles. The summed E-state index contributed by atoms with van der Waals surface area (Å²) in [6, 6.07) is -5.10. The van der Waals surface area contributed by atoms with E-state index in [1.807, 2.05) is 13.8 Å². The molecule has 0 heterocycles. The molecule has 0 aliphatic rings. The molecule has 0 bridgehead atoms. The lowest BCUT2D eigenvalue weighted by atomic mass is 10.0. The number of hydrogen-bond acceptors (Lipinski definition) is 8. The summed E-state index contributed by atoms with van der Waals surface area (Å²) in [5.41, 5.74) is 16.5. The molecule has 0 aromatic rings. The molecule has 5 atom stereocenters. The molecule has 5 unspecified atom stereocenters. The van der Waals surface area contributed by atoms with Gasteiger partial charge in [-0.05, 0) is 45.1 Å². The SMILES string of the molecule is CC(C)CC(N)C(=O)NC(CC(N)=O)C(=O)NC(CCCCN)C(=O)NC(C(=O)O)C(C)O. The molecule has 0 aliphatic carbocycles. The van der Waals surface area contributed by atoms with Crippen LogP contribution < -0.4 is 33.2 Å². The van der Waals surface area contributed by atoms with Gasteiger partial charge in [-0.2, -0.15) is 0 Å². The molecular formula is C20H38N6O7. The lowest BCUT2D eigenvalue weighted by molar-refractivity contribution is -0.145. The van der Waals surface area contributed by atoms with Crippen LogP contribution in [0.4, 0.5) is 0 Å². The molecular weight excluding hydrogens is 436 g/mol. The highest BCUT2D eigenvalue weighted by Crippen LogP contribution is 2.06. The number of rotatable bonds is 16. The van der Waals surface area contributed by atoms with Gasteiger partial charge in [0.2, 0.25) is 23.6 Å². The number of unbranched alkanes of at least 4 members (excludes halogenated alkanes) is 1. The molecule has 13 nitrogen and oxygen atoms in total. The van der Waals surface area contributed by atoms with Gasteiger partial charge in [-0.3, -0.25) is 19.2 Å². The number of carboxylic acids is 1. The smallest absolute Gasteiger partial charge is 0.328 e. The number of aliphatic hydroxyl groups is 1. The van der Waals surface area contributed by atoms with Gasteiger partial charge in [0.1, 0.15) is 12.1 Å². The van der Waals surface area contributed by atoms with E-state index in [0.29, 0.717) is 25.8 Å². The third-order valence-electron chi connectivity index (χ3n) is 4.73. The second kappa shape index (κ2) is 15.1. The first-order valence-corrected chi connectivity index (χ1v) is 10.9. The van der Waals surface area contributed by atoms with Gasteiger partial charge in [-0.25, -0.2) is 4.79 Å². The van der Waals surface area contributed by atoms with Crippen LogP contribution in [0.2, 0.25) is 0 Å². The minimum Gasteiger partial charge on any atom is -0.480 e. The Labute approximate surface area is 193 Å². The summed E-state index contributed by atoms with van der Waals surface area (Å²) in [6.45, 7) is 5.26. The number of nitrogens with two attached hydrogens (primary N) is 3. The van der Waals surface area contributed by atoms with E-state index in [-0.39, 0.29) is 12.3 Å². The highest BCUT2D eigenvalue weighted by atomic mass is 16.4. The van der Waals surface area contributed by atoms with Crippen molar-refractivity contribution in [3.8, 4) is 0 Å². The number of primary amides is 1. The zero-order valence-electron chi connectivity index (χ0n) is 19.4. The molecule has 0 spiro atoms. The molecule has 0 saturated carbocycles. The molecule has 0 saturated heterocycles. The summed E-state index contributed by atoms with van der Waals surface area (Å²) in [7, 11) is 0. The van der Waals surface area contributed by atoms with Crippen molar-refractivity contribution in [1.29, 1.82) is 0 Å². The fraction of sp³-hybridized carbons (Fsp3) is 0.750. The fourth-order valence-electron chi connectivity index (χ4n) is 2.98. The molecule has 4 amide bonds. The van der Waals surface area contributed by atoms with Crippen LogP contribution in [-0.4, -0.2) is 76.6 Å². The molecule has 0 aromatic carbocycles. The summed E-state index contributed by atoms with van der Waals surface area (Å²) in [6.07, 6.45) is -0.524. The number of hydrogen-bond donors (Lipinski definition) is 8. The van der Waals surface area contributed by atoms with Crippen molar-refractivity contribution >= 4 is 29.6 Å². The van der Waals surface area contributed by atoms with Gasteiger partial charge in [-0.1, -0.05) is 13.8 Å².